The Labute approximate surface area is 189 Å². The zero-order valence-corrected chi connectivity index (χ0v) is 18.1. The molecule has 0 radical (unpaired) electrons. The van der Waals surface area contributed by atoms with Gasteiger partial charge in [-0.3, -0.25) is 0 Å². The van der Waals surface area contributed by atoms with Gasteiger partial charge in [-0.05, 0) is 55.0 Å². The second kappa shape index (κ2) is 8.52. The van der Waals surface area contributed by atoms with Crippen molar-refractivity contribution in [2.45, 2.75) is 6.92 Å². The maximum atomic E-state index is 6.34. The number of nitrogen functional groups attached to an aromatic ring is 1. The Bertz CT molecular complexity index is 1370. The van der Waals surface area contributed by atoms with Crippen molar-refractivity contribution in [3.05, 3.63) is 84.7 Å². The second-order valence-corrected chi connectivity index (χ2v) is 8.15. The molecule has 2 heterocycles. The molecule has 3 aromatic carbocycles. The van der Waals surface area contributed by atoms with Crippen molar-refractivity contribution in [3.8, 4) is 11.5 Å². The Hall–Kier alpha value is -4.17. The van der Waals surface area contributed by atoms with Crippen molar-refractivity contribution in [2.24, 2.45) is 0 Å². The number of para-hydroxylation sites is 2. The number of hydrogen-bond acceptors (Lipinski definition) is 8. The normalized spacial score (nSPS) is 10.8. The van der Waals surface area contributed by atoms with Gasteiger partial charge in [0.2, 0.25) is 0 Å². The lowest BCUT2D eigenvalue weighted by Gasteiger charge is -2.12. The molecule has 8 heteroatoms. The van der Waals surface area contributed by atoms with E-state index in [9.17, 15) is 0 Å². The molecule has 5 rings (SSSR count). The molecule has 0 aliphatic rings. The van der Waals surface area contributed by atoms with E-state index in [4.69, 9.17) is 10.5 Å². The van der Waals surface area contributed by atoms with Gasteiger partial charge >= 0.3 is 0 Å². The first-order valence-corrected chi connectivity index (χ1v) is 10.8. The van der Waals surface area contributed by atoms with Gasteiger partial charge in [0.1, 0.15) is 23.5 Å². The summed E-state index contributed by atoms with van der Waals surface area (Å²) < 4.78 is 6.94. The lowest BCUT2D eigenvalue weighted by molar-refractivity contribution is 0.483. The van der Waals surface area contributed by atoms with E-state index in [0.717, 1.165) is 38.1 Å². The highest BCUT2D eigenvalue weighted by atomic mass is 32.1. The van der Waals surface area contributed by atoms with Crippen LogP contribution in [0.2, 0.25) is 0 Å². The van der Waals surface area contributed by atoms with Gasteiger partial charge in [0.25, 0.3) is 0 Å². The fraction of sp³-hybridized carbons (Fsp3) is 0.0417. The molecule has 158 valence electrons. The third kappa shape index (κ3) is 4.17. The number of thiazole rings is 1. The Morgan fingerprint density at radius 3 is 2.28 bits per heavy atom. The standard InChI is InChI=1S/C24H20N6OS/c1-15-6-5-9-19-21(15)29-24(32-19)30-23-20(25)22(26-14-27-23)28-16-10-12-18(13-11-16)31-17-7-3-2-4-8-17/h2-14H,25H2,1H3,(H2,26,27,28,29,30). The van der Waals surface area contributed by atoms with Crippen molar-refractivity contribution in [2.75, 3.05) is 16.4 Å². The molecule has 0 fully saturated rings. The van der Waals surface area contributed by atoms with Crippen LogP contribution in [0, 0.1) is 6.92 Å². The minimum absolute atomic E-state index is 0.410. The van der Waals surface area contributed by atoms with Crippen LogP contribution in [0.1, 0.15) is 5.56 Å². The lowest BCUT2D eigenvalue weighted by Crippen LogP contribution is -2.05. The number of ether oxygens (including phenoxy) is 1. The molecule has 4 N–H and O–H groups in total. The summed E-state index contributed by atoms with van der Waals surface area (Å²) in [7, 11) is 0. The summed E-state index contributed by atoms with van der Waals surface area (Å²) in [6.07, 6.45) is 1.46. The predicted molar refractivity (Wildman–Crippen MR) is 130 cm³/mol. The summed E-state index contributed by atoms with van der Waals surface area (Å²) in [5.74, 6) is 2.54. The average Bonchev–Trinajstić information content (AvgIpc) is 3.23. The van der Waals surface area contributed by atoms with Crippen LogP contribution in [-0.4, -0.2) is 15.0 Å². The van der Waals surface area contributed by atoms with E-state index in [1.54, 1.807) is 11.3 Å². The molecule has 5 aromatic rings. The van der Waals surface area contributed by atoms with Gasteiger partial charge in [-0.1, -0.05) is 41.7 Å². The number of aryl methyl sites for hydroxylation is 1. The van der Waals surface area contributed by atoms with Crippen molar-refractivity contribution in [1.29, 1.82) is 0 Å². The average molecular weight is 441 g/mol. The van der Waals surface area contributed by atoms with Crippen LogP contribution in [0.25, 0.3) is 10.2 Å². The molecular weight excluding hydrogens is 420 g/mol. The molecule has 0 bridgehead atoms. The molecule has 0 amide bonds. The molecule has 0 saturated carbocycles. The summed E-state index contributed by atoms with van der Waals surface area (Å²) >= 11 is 1.55. The zero-order chi connectivity index (χ0) is 21.9. The van der Waals surface area contributed by atoms with E-state index in [1.165, 1.54) is 6.33 Å². The molecule has 0 atom stereocenters. The van der Waals surface area contributed by atoms with Gasteiger partial charge in [0.15, 0.2) is 16.8 Å². The Balaban J connectivity index is 1.32. The van der Waals surface area contributed by atoms with Gasteiger partial charge in [-0.25, -0.2) is 15.0 Å². The third-order valence-electron chi connectivity index (χ3n) is 4.83. The van der Waals surface area contributed by atoms with Gasteiger partial charge in [-0.2, -0.15) is 0 Å². The number of hydrogen-bond donors (Lipinski definition) is 3. The SMILES string of the molecule is Cc1cccc2sc(Nc3ncnc(Nc4ccc(Oc5ccccc5)cc4)c3N)nc12. The predicted octanol–water partition coefficient (Wildman–Crippen LogP) is 6.26. The van der Waals surface area contributed by atoms with Crippen LogP contribution in [0.5, 0.6) is 11.5 Å². The Kier molecular flexibility index (Phi) is 5.27. The van der Waals surface area contributed by atoms with Crippen LogP contribution < -0.4 is 21.1 Å². The van der Waals surface area contributed by atoms with Crippen molar-refractivity contribution >= 4 is 49.7 Å². The topological polar surface area (TPSA) is 98.0 Å². The van der Waals surface area contributed by atoms with Crippen molar-refractivity contribution in [1.82, 2.24) is 15.0 Å². The first-order chi connectivity index (χ1) is 15.7. The van der Waals surface area contributed by atoms with Gasteiger partial charge in [-0.15, -0.1) is 0 Å². The summed E-state index contributed by atoms with van der Waals surface area (Å²) in [5.41, 5.74) is 9.68. The number of anilines is 5. The molecule has 0 aliphatic heterocycles. The van der Waals surface area contributed by atoms with E-state index < -0.39 is 0 Å². The third-order valence-corrected chi connectivity index (χ3v) is 5.76. The fourth-order valence-corrected chi connectivity index (χ4v) is 4.15. The molecule has 0 aliphatic carbocycles. The molecule has 0 saturated heterocycles. The Morgan fingerprint density at radius 1 is 0.812 bits per heavy atom. The minimum Gasteiger partial charge on any atom is -0.457 e. The largest absolute Gasteiger partial charge is 0.457 e. The monoisotopic (exact) mass is 440 g/mol. The highest BCUT2D eigenvalue weighted by molar-refractivity contribution is 7.22. The first kappa shape index (κ1) is 19.8. The van der Waals surface area contributed by atoms with Gasteiger partial charge in [0.05, 0.1) is 10.2 Å². The minimum atomic E-state index is 0.410. The van der Waals surface area contributed by atoms with E-state index >= 15 is 0 Å². The van der Waals surface area contributed by atoms with Crippen LogP contribution >= 0.6 is 11.3 Å². The molecule has 32 heavy (non-hydrogen) atoms. The zero-order valence-electron chi connectivity index (χ0n) is 17.2. The number of benzene rings is 3. The summed E-state index contributed by atoms with van der Waals surface area (Å²) in [5, 5.41) is 7.19. The van der Waals surface area contributed by atoms with Crippen LogP contribution in [0.4, 0.5) is 28.1 Å². The molecule has 0 unspecified atom stereocenters. The first-order valence-electron chi connectivity index (χ1n) is 9.99. The summed E-state index contributed by atoms with van der Waals surface area (Å²) in [4.78, 5) is 13.2. The van der Waals surface area contributed by atoms with E-state index in [1.807, 2.05) is 79.7 Å². The van der Waals surface area contributed by atoms with Crippen LogP contribution in [0.3, 0.4) is 0 Å². The van der Waals surface area contributed by atoms with E-state index in [0.29, 0.717) is 17.3 Å². The van der Waals surface area contributed by atoms with E-state index in [-0.39, 0.29) is 0 Å². The summed E-state index contributed by atoms with van der Waals surface area (Å²) in [6.45, 7) is 2.04. The molecular formula is C24H20N6OS. The highest BCUT2D eigenvalue weighted by Crippen LogP contribution is 2.33. The maximum absolute atomic E-state index is 6.34. The number of rotatable bonds is 6. The van der Waals surface area contributed by atoms with Crippen molar-refractivity contribution < 1.29 is 4.74 Å². The van der Waals surface area contributed by atoms with Crippen LogP contribution in [-0.2, 0) is 0 Å². The quantitative estimate of drug-likeness (QED) is 0.287. The number of nitrogens with one attached hydrogen (secondary N) is 2. The summed E-state index contributed by atoms with van der Waals surface area (Å²) in [6, 6.07) is 23.3. The van der Waals surface area contributed by atoms with Gasteiger partial charge in [0, 0.05) is 5.69 Å². The molecule has 7 nitrogen and oxygen atoms in total. The second-order valence-electron chi connectivity index (χ2n) is 7.11. The van der Waals surface area contributed by atoms with Crippen LogP contribution in [0.15, 0.2) is 79.1 Å². The fourth-order valence-electron chi connectivity index (χ4n) is 3.20. The number of aromatic nitrogens is 3. The number of nitrogens with zero attached hydrogens (tertiary/aromatic N) is 3. The Morgan fingerprint density at radius 2 is 1.53 bits per heavy atom. The number of nitrogens with two attached hydrogens (primary N) is 1. The molecule has 0 spiro atoms. The van der Waals surface area contributed by atoms with E-state index in [2.05, 4.69) is 25.6 Å². The molecule has 2 aromatic heterocycles. The maximum Gasteiger partial charge on any atom is 0.189 e. The highest BCUT2D eigenvalue weighted by Gasteiger charge is 2.12. The van der Waals surface area contributed by atoms with Gasteiger partial charge < -0.3 is 21.1 Å². The smallest absolute Gasteiger partial charge is 0.189 e. The lowest BCUT2D eigenvalue weighted by atomic mass is 10.2. The van der Waals surface area contributed by atoms with Crippen molar-refractivity contribution in [3.63, 3.8) is 0 Å². The number of fused-ring (bicyclic) bond motifs is 1.